The highest BCUT2D eigenvalue weighted by Crippen LogP contribution is 2.14. The van der Waals surface area contributed by atoms with E-state index in [9.17, 15) is 0 Å². The van der Waals surface area contributed by atoms with Gasteiger partial charge in [-0.15, -0.1) is 0 Å². The van der Waals surface area contributed by atoms with Gasteiger partial charge in [-0.3, -0.25) is 0 Å². The van der Waals surface area contributed by atoms with Crippen LogP contribution in [0.1, 0.15) is 5.56 Å². The molecule has 0 aliphatic carbocycles. The maximum atomic E-state index is 6.06. The van der Waals surface area contributed by atoms with Crippen LogP contribution in [0.3, 0.4) is 0 Å². The molecule has 0 aliphatic heterocycles. The van der Waals surface area contributed by atoms with Crippen LogP contribution in [0.15, 0.2) is 24.3 Å². The van der Waals surface area contributed by atoms with Crippen LogP contribution in [0.2, 0.25) is 5.02 Å². The molecule has 94 valence electrons. The van der Waals surface area contributed by atoms with E-state index in [4.69, 9.17) is 23.8 Å². The number of thioether (sulfide) groups is 1. The van der Waals surface area contributed by atoms with Gasteiger partial charge in [-0.1, -0.05) is 53.8 Å². The molecule has 0 bridgehead atoms. The molecule has 0 heterocycles. The van der Waals surface area contributed by atoms with Gasteiger partial charge in [-0.05, 0) is 25.7 Å². The lowest BCUT2D eigenvalue weighted by molar-refractivity contribution is 0.437. The van der Waals surface area contributed by atoms with E-state index in [0.29, 0.717) is 6.54 Å². The molecular weight excluding hydrogens is 272 g/mol. The van der Waals surface area contributed by atoms with Crippen LogP contribution < -0.4 is 5.32 Å². The van der Waals surface area contributed by atoms with Crippen molar-refractivity contribution in [2.24, 2.45) is 0 Å². The van der Waals surface area contributed by atoms with Crippen molar-refractivity contribution < 1.29 is 0 Å². The molecule has 0 unspecified atom stereocenters. The second kappa shape index (κ2) is 7.93. The Morgan fingerprint density at radius 3 is 2.76 bits per heavy atom. The monoisotopic (exact) mass is 288 g/mol. The summed E-state index contributed by atoms with van der Waals surface area (Å²) in [5.41, 5.74) is 1.07. The van der Waals surface area contributed by atoms with Crippen molar-refractivity contribution in [3.63, 3.8) is 0 Å². The van der Waals surface area contributed by atoms with Crippen LogP contribution in [-0.2, 0) is 6.54 Å². The number of rotatable bonds is 5. The van der Waals surface area contributed by atoms with Crippen molar-refractivity contribution in [1.82, 2.24) is 10.2 Å². The third-order valence-electron chi connectivity index (χ3n) is 2.15. The molecule has 0 radical (unpaired) electrons. The normalized spacial score (nSPS) is 10.6. The number of benzene rings is 1. The zero-order chi connectivity index (χ0) is 12.7. The summed E-state index contributed by atoms with van der Waals surface area (Å²) in [6.45, 7) is 1.71. The van der Waals surface area contributed by atoms with Crippen LogP contribution in [0.5, 0.6) is 0 Å². The highest BCUT2D eigenvalue weighted by molar-refractivity contribution is 8.22. The van der Waals surface area contributed by atoms with E-state index in [1.165, 1.54) is 0 Å². The number of thiocarbonyl (C=S) groups is 1. The maximum absolute atomic E-state index is 6.06. The summed E-state index contributed by atoms with van der Waals surface area (Å²) in [5.74, 6) is 1.00. The predicted molar refractivity (Wildman–Crippen MR) is 81.9 cm³/mol. The summed E-state index contributed by atoms with van der Waals surface area (Å²) in [6.07, 6.45) is 0. The molecule has 17 heavy (non-hydrogen) atoms. The van der Waals surface area contributed by atoms with Gasteiger partial charge in [0.1, 0.15) is 4.32 Å². The molecule has 1 aromatic carbocycles. The molecule has 5 heteroatoms. The van der Waals surface area contributed by atoms with Gasteiger partial charge in [-0.2, -0.15) is 0 Å². The van der Waals surface area contributed by atoms with Gasteiger partial charge in [0.05, 0.1) is 0 Å². The Hall–Kier alpha value is -0.290. The molecule has 1 rings (SSSR count). The van der Waals surface area contributed by atoms with Crippen molar-refractivity contribution >= 4 is 39.9 Å². The van der Waals surface area contributed by atoms with Crippen LogP contribution >= 0.6 is 35.6 Å². The molecule has 1 N–H and O–H groups in total. The number of hydrogen-bond donors (Lipinski definition) is 1. The smallest absolute Gasteiger partial charge is 0.134 e. The van der Waals surface area contributed by atoms with E-state index in [2.05, 4.69) is 24.3 Å². The quantitative estimate of drug-likeness (QED) is 0.838. The predicted octanol–water partition coefficient (Wildman–Crippen LogP) is 3.01. The summed E-state index contributed by atoms with van der Waals surface area (Å²) in [4.78, 5) is 2.14. The topological polar surface area (TPSA) is 15.3 Å². The Kier molecular flexibility index (Phi) is 6.89. The molecule has 2 nitrogen and oxygen atoms in total. The van der Waals surface area contributed by atoms with Crippen LogP contribution in [0.4, 0.5) is 0 Å². The third kappa shape index (κ3) is 6.27. The second-order valence-corrected chi connectivity index (χ2v) is 6.06. The van der Waals surface area contributed by atoms with Gasteiger partial charge in [-0.25, -0.2) is 0 Å². The molecule has 0 saturated heterocycles. The molecule has 0 amide bonds. The minimum absolute atomic E-state index is 0.688. The first-order valence-corrected chi connectivity index (χ1v) is 7.15. The van der Waals surface area contributed by atoms with E-state index >= 15 is 0 Å². The lowest BCUT2D eigenvalue weighted by Crippen LogP contribution is -2.21. The molecule has 0 aromatic heterocycles. The minimum atomic E-state index is 0.688. The first-order chi connectivity index (χ1) is 8.09. The number of nitrogens with one attached hydrogen (secondary N) is 1. The summed E-state index contributed by atoms with van der Waals surface area (Å²) >= 11 is 13.0. The fourth-order valence-electron chi connectivity index (χ4n) is 1.18. The lowest BCUT2D eigenvalue weighted by atomic mass is 10.2. The van der Waals surface area contributed by atoms with Gasteiger partial charge in [0.25, 0.3) is 0 Å². The molecule has 0 spiro atoms. The van der Waals surface area contributed by atoms with E-state index in [-0.39, 0.29) is 0 Å². The highest BCUT2D eigenvalue weighted by atomic mass is 35.5. The molecule has 1 aromatic rings. The summed E-state index contributed by atoms with van der Waals surface area (Å²) in [5, 5.41) is 3.98. The van der Waals surface area contributed by atoms with Gasteiger partial charge in [0.2, 0.25) is 0 Å². The van der Waals surface area contributed by atoms with Crippen LogP contribution in [0, 0.1) is 0 Å². The molecule has 0 atom stereocenters. The van der Waals surface area contributed by atoms with Gasteiger partial charge in [0, 0.05) is 23.9 Å². The van der Waals surface area contributed by atoms with Crippen LogP contribution in [-0.4, -0.2) is 35.6 Å². The Morgan fingerprint density at radius 1 is 1.41 bits per heavy atom. The average molecular weight is 289 g/mol. The second-order valence-electron chi connectivity index (χ2n) is 3.88. The third-order valence-corrected chi connectivity index (χ3v) is 3.81. The zero-order valence-electron chi connectivity index (χ0n) is 10.1. The fourth-order valence-corrected chi connectivity index (χ4v) is 2.52. The van der Waals surface area contributed by atoms with E-state index < -0.39 is 0 Å². The van der Waals surface area contributed by atoms with Gasteiger partial charge in [0.15, 0.2) is 0 Å². The van der Waals surface area contributed by atoms with Crippen molar-refractivity contribution in [2.45, 2.75) is 6.54 Å². The first-order valence-electron chi connectivity index (χ1n) is 5.38. The Bertz CT molecular complexity index is 369. The average Bonchev–Trinajstić information content (AvgIpc) is 2.27. The number of nitrogens with zero attached hydrogens (tertiary/aromatic N) is 1. The first kappa shape index (κ1) is 14.8. The zero-order valence-corrected chi connectivity index (χ0v) is 12.5. The Balaban J connectivity index is 2.26. The maximum Gasteiger partial charge on any atom is 0.134 e. The summed E-state index contributed by atoms with van der Waals surface area (Å²) in [6, 6.07) is 7.80. The van der Waals surface area contributed by atoms with Gasteiger partial charge >= 0.3 is 0 Å². The Labute approximate surface area is 118 Å². The standard InChI is InChI=1S/C12H17ClN2S2/c1-15(2)7-8-17-12(16)14-9-10-5-3-4-6-11(10)13/h3-6H,7-9H2,1-2H3,(H,14,16). The SMILES string of the molecule is CN(C)CCSC(=S)NCc1ccccc1Cl. The molecule has 0 aliphatic rings. The molecule has 0 saturated carbocycles. The molecular formula is C12H17ClN2S2. The molecule has 0 fully saturated rings. The minimum Gasteiger partial charge on any atom is -0.367 e. The number of halogens is 1. The van der Waals surface area contributed by atoms with Gasteiger partial charge < -0.3 is 10.2 Å². The largest absolute Gasteiger partial charge is 0.367 e. The lowest BCUT2D eigenvalue weighted by Gasteiger charge is -2.11. The summed E-state index contributed by atoms with van der Waals surface area (Å²) < 4.78 is 0.826. The van der Waals surface area contributed by atoms with Crippen molar-refractivity contribution in [3.05, 3.63) is 34.9 Å². The van der Waals surface area contributed by atoms with E-state index in [1.807, 2.05) is 24.3 Å². The number of hydrogen-bond acceptors (Lipinski definition) is 3. The van der Waals surface area contributed by atoms with Crippen molar-refractivity contribution in [1.29, 1.82) is 0 Å². The highest BCUT2D eigenvalue weighted by Gasteiger charge is 2.01. The van der Waals surface area contributed by atoms with Crippen molar-refractivity contribution in [3.8, 4) is 0 Å². The van der Waals surface area contributed by atoms with E-state index in [1.54, 1.807) is 11.8 Å². The fraction of sp³-hybridized carbons (Fsp3) is 0.417. The Morgan fingerprint density at radius 2 is 2.12 bits per heavy atom. The van der Waals surface area contributed by atoms with Crippen LogP contribution in [0.25, 0.3) is 0 Å². The summed E-state index contributed by atoms with van der Waals surface area (Å²) in [7, 11) is 4.11. The van der Waals surface area contributed by atoms with E-state index in [0.717, 1.165) is 27.2 Å². The van der Waals surface area contributed by atoms with Crippen molar-refractivity contribution in [2.75, 3.05) is 26.4 Å².